The van der Waals surface area contributed by atoms with E-state index < -0.39 is 17.4 Å². The highest BCUT2D eigenvalue weighted by atomic mass is 16.5. The van der Waals surface area contributed by atoms with Crippen LogP contribution in [-0.4, -0.2) is 50.3 Å². The molecule has 0 spiro atoms. The first-order chi connectivity index (χ1) is 29.0. The number of rotatable bonds is 30. The summed E-state index contributed by atoms with van der Waals surface area (Å²) < 4.78 is 32.7. The maximum absolute atomic E-state index is 12.8. The van der Waals surface area contributed by atoms with Crippen LogP contribution in [0.4, 0.5) is 0 Å². The van der Waals surface area contributed by atoms with Crippen molar-refractivity contribution in [2.24, 2.45) is 0 Å². The van der Waals surface area contributed by atoms with Gasteiger partial charge < -0.3 is 28.4 Å². The van der Waals surface area contributed by atoms with Crippen LogP contribution in [-0.2, 0) is 19.1 Å². The van der Waals surface area contributed by atoms with E-state index in [0.29, 0.717) is 54.6 Å². The van der Waals surface area contributed by atoms with Gasteiger partial charge in [-0.2, -0.15) is 0 Å². The van der Waals surface area contributed by atoms with E-state index >= 15 is 0 Å². The van der Waals surface area contributed by atoms with E-state index in [1.165, 1.54) is 24.3 Å². The van der Waals surface area contributed by atoms with Gasteiger partial charge in [-0.05, 0) is 112 Å². The molecule has 3 aromatic carbocycles. The van der Waals surface area contributed by atoms with Crippen molar-refractivity contribution in [3.05, 3.63) is 118 Å². The van der Waals surface area contributed by atoms with Gasteiger partial charge in [0, 0.05) is 11.1 Å². The van der Waals surface area contributed by atoms with Crippen molar-refractivity contribution in [1.29, 1.82) is 0 Å². The van der Waals surface area contributed by atoms with Crippen molar-refractivity contribution in [2.45, 2.75) is 117 Å². The van der Waals surface area contributed by atoms with Gasteiger partial charge in [-0.15, -0.1) is 0 Å². The third-order valence-electron chi connectivity index (χ3n) is 9.41. The Hall–Kier alpha value is -5.71. The number of carbonyl (C=O) groups excluding carboxylic acids is 4. The SMILES string of the molecule is C=C(C)C(=O)OCCCCCCCCCCOc1ccc(C(=O)Oc2ccc(OC(=O)c3ccc(OCCCCCCCCCCOC(=O)C(=C)C)cc3)c(=O)cc2)cc1. The summed E-state index contributed by atoms with van der Waals surface area (Å²) >= 11 is 0. The summed E-state index contributed by atoms with van der Waals surface area (Å²) in [6.07, 6.45) is 16.9. The molecule has 60 heavy (non-hydrogen) atoms. The Bertz CT molecular complexity index is 1870. The zero-order valence-electron chi connectivity index (χ0n) is 35.5. The van der Waals surface area contributed by atoms with E-state index in [0.717, 1.165) is 103 Å². The van der Waals surface area contributed by atoms with E-state index in [2.05, 4.69) is 13.2 Å². The number of ether oxygens (including phenoxy) is 6. The van der Waals surface area contributed by atoms with Crippen LogP contribution in [0.15, 0.2) is 102 Å². The number of hydrogen-bond acceptors (Lipinski definition) is 11. The monoisotopic (exact) mass is 826 g/mol. The van der Waals surface area contributed by atoms with Gasteiger partial charge in [-0.3, -0.25) is 4.79 Å². The van der Waals surface area contributed by atoms with Crippen LogP contribution in [0.2, 0.25) is 0 Å². The van der Waals surface area contributed by atoms with E-state index in [1.807, 2.05) is 0 Å². The predicted molar refractivity (Wildman–Crippen MR) is 232 cm³/mol. The normalized spacial score (nSPS) is 10.6. The second kappa shape index (κ2) is 28.7. The Morgan fingerprint density at radius 2 is 0.750 bits per heavy atom. The molecule has 324 valence electrons. The lowest BCUT2D eigenvalue weighted by molar-refractivity contribution is -0.139. The third kappa shape index (κ3) is 20.3. The van der Waals surface area contributed by atoms with Gasteiger partial charge in [0.25, 0.3) is 0 Å². The standard InChI is InChI=1S/C49H62O11/c1-37(2)46(51)57-35-19-15-11-7-5-9-13-17-33-55-41-25-21-39(22-26-41)48(53)59-43-29-31-44(50)45(32-30-43)60-49(54)40-23-27-42(28-24-40)56-34-18-14-10-6-8-12-16-20-36-58-47(52)38(3)4/h21-32H,1,3,5-20,33-36H2,2,4H3. The topological polar surface area (TPSA) is 141 Å². The summed E-state index contributed by atoms with van der Waals surface area (Å²) in [6.45, 7) is 12.5. The molecule has 0 atom stereocenters. The Balaban J connectivity index is 1.28. The molecule has 3 aromatic rings. The summed E-state index contributed by atoms with van der Waals surface area (Å²) in [5.74, 6) is -0.779. The largest absolute Gasteiger partial charge is 0.494 e. The molecule has 0 aliphatic rings. The lowest BCUT2D eigenvalue weighted by Gasteiger charge is -2.08. The minimum atomic E-state index is -0.706. The molecule has 0 bridgehead atoms. The van der Waals surface area contributed by atoms with Crippen LogP contribution < -0.4 is 24.4 Å². The second-order valence-corrected chi connectivity index (χ2v) is 14.8. The first-order valence-electron chi connectivity index (χ1n) is 21.2. The average Bonchev–Trinajstić information content (AvgIpc) is 3.41. The van der Waals surface area contributed by atoms with Crippen LogP contribution in [0, 0.1) is 0 Å². The number of benzene rings is 2. The number of hydrogen-bond donors (Lipinski definition) is 0. The van der Waals surface area contributed by atoms with Crippen molar-refractivity contribution in [2.75, 3.05) is 26.4 Å². The molecule has 0 saturated heterocycles. The summed E-state index contributed by atoms with van der Waals surface area (Å²) in [4.78, 5) is 61.1. The van der Waals surface area contributed by atoms with Crippen LogP contribution in [0.1, 0.15) is 137 Å². The minimum absolute atomic E-state index is 0.112. The number of carbonyl (C=O) groups is 4. The number of unbranched alkanes of at least 4 members (excludes halogenated alkanes) is 14. The molecule has 0 fully saturated rings. The number of esters is 4. The molecule has 0 N–H and O–H groups in total. The molecule has 11 nitrogen and oxygen atoms in total. The highest BCUT2D eigenvalue weighted by Crippen LogP contribution is 2.19. The van der Waals surface area contributed by atoms with Crippen molar-refractivity contribution in [1.82, 2.24) is 0 Å². The molecular weight excluding hydrogens is 765 g/mol. The first-order valence-corrected chi connectivity index (χ1v) is 21.2. The van der Waals surface area contributed by atoms with Crippen LogP contribution >= 0.6 is 0 Å². The Morgan fingerprint density at radius 3 is 1.15 bits per heavy atom. The van der Waals surface area contributed by atoms with E-state index in [9.17, 15) is 24.0 Å². The zero-order valence-corrected chi connectivity index (χ0v) is 35.5. The molecule has 0 aliphatic carbocycles. The van der Waals surface area contributed by atoms with E-state index in [1.54, 1.807) is 62.4 Å². The Morgan fingerprint density at radius 1 is 0.417 bits per heavy atom. The van der Waals surface area contributed by atoms with Gasteiger partial charge >= 0.3 is 23.9 Å². The van der Waals surface area contributed by atoms with Gasteiger partial charge in [0.1, 0.15) is 17.2 Å². The smallest absolute Gasteiger partial charge is 0.343 e. The molecule has 0 unspecified atom stereocenters. The second-order valence-electron chi connectivity index (χ2n) is 14.8. The summed E-state index contributed by atoms with van der Waals surface area (Å²) in [5.41, 5.74) is 0.865. The first kappa shape index (κ1) is 48.7. The fraction of sp³-hybridized carbons (Fsp3) is 0.449. The Kier molecular flexibility index (Phi) is 23.3. The van der Waals surface area contributed by atoms with Gasteiger partial charge in [0.2, 0.25) is 5.43 Å². The van der Waals surface area contributed by atoms with Gasteiger partial charge in [-0.25, -0.2) is 19.2 Å². The highest BCUT2D eigenvalue weighted by molar-refractivity contribution is 5.92. The van der Waals surface area contributed by atoms with Crippen molar-refractivity contribution < 1.29 is 47.6 Å². The molecule has 11 heteroatoms. The third-order valence-corrected chi connectivity index (χ3v) is 9.41. The van der Waals surface area contributed by atoms with Crippen molar-refractivity contribution in [3.8, 4) is 23.0 Å². The molecule has 0 aromatic heterocycles. The zero-order chi connectivity index (χ0) is 43.4. The van der Waals surface area contributed by atoms with E-state index in [4.69, 9.17) is 28.4 Å². The Labute approximate surface area is 355 Å². The van der Waals surface area contributed by atoms with Gasteiger partial charge in [-0.1, -0.05) is 90.2 Å². The van der Waals surface area contributed by atoms with Crippen molar-refractivity contribution in [3.63, 3.8) is 0 Å². The predicted octanol–water partition coefficient (Wildman–Crippen LogP) is 10.7. The van der Waals surface area contributed by atoms with Gasteiger partial charge in [0.05, 0.1) is 37.6 Å². The maximum Gasteiger partial charge on any atom is 0.343 e. The summed E-state index contributed by atoms with van der Waals surface area (Å²) in [6, 6.07) is 18.4. The van der Waals surface area contributed by atoms with Crippen molar-refractivity contribution >= 4 is 23.9 Å². The average molecular weight is 827 g/mol. The fourth-order valence-corrected chi connectivity index (χ4v) is 5.87. The lowest BCUT2D eigenvalue weighted by atomic mass is 10.1. The minimum Gasteiger partial charge on any atom is -0.494 e. The molecule has 0 radical (unpaired) electrons. The van der Waals surface area contributed by atoms with Crippen LogP contribution in [0.25, 0.3) is 0 Å². The van der Waals surface area contributed by atoms with Gasteiger partial charge in [0.15, 0.2) is 5.75 Å². The molecule has 0 saturated carbocycles. The maximum atomic E-state index is 12.8. The lowest BCUT2D eigenvalue weighted by Crippen LogP contribution is -2.13. The molecule has 0 amide bonds. The molecule has 0 heterocycles. The molecule has 3 rings (SSSR count). The summed E-state index contributed by atoms with van der Waals surface area (Å²) in [7, 11) is 0. The fourth-order valence-electron chi connectivity index (χ4n) is 5.87. The summed E-state index contributed by atoms with van der Waals surface area (Å²) in [5, 5.41) is 0. The molecule has 0 aliphatic heterocycles. The van der Waals surface area contributed by atoms with E-state index in [-0.39, 0.29) is 29.0 Å². The van der Waals surface area contributed by atoms with Crippen LogP contribution in [0.5, 0.6) is 23.0 Å². The quantitative estimate of drug-likeness (QED) is 0.0360. The highest BCUT2D eigenvalue weighted by Gasteiger charge is 2.13. The van der Waals surface area contributed by atoms with Crippen LogP contribution in [0.3, 0.4) is 0 Å². The molecular formula is C49H62O11.